The molecular weight excluding hydrogens is 300 g/mol. The molecule has 0 radical (unpaired) electrons. The molecule has 1 aliphatic carbocycles. The number of carboxylic acid groups (broad SMARTS) is 1. The molecule has 8 heteroatoms. The van der Waals surface area contributed by atoms with E-state index in [9.17, 15) is 13.2 Å². The maximum Gasteiger partial charge on any atom is 0.356 e. The molecule has 0 aliphatic heterocycles. The molecule has 0 bridgehead atoms. The molecule has 6 nitrogen and oxygen atoms in total. The van der Waals surface area contributed by atoms with Crippen molar-refractivity contribution in [1.82, 2.24) is 9.71 Å². The summed E-state index contributed by atoms with van der Waals surface area (Å²) in [5.74, 6) is -0.745. The SMILES string of the molecule is O=C(O)c1ncsc1S(=O)(=O)NCCC1CCCCC1. The Morgan fingerprint density at radius 3 is 2.75 bits per heavy atom. The van der Waals surface area contributed by atoms with E-state index in [1.807, 2.05) is 0 Å². The molecule has 0 amide bonds. The molecule has 2 rings (SSSR count). The molecule has 0 aromatic carbocycles. The van der Waals surface area contributed by atoms with Gasteiger partial charge in [-0.1, -0.05) is 32.1 Å². The van der Waals surface area contributed by atoms with Crippen LogP contribution in [0.4, 0.5) is 0 Å². The number of carbonyl (C=O) groups is 1. The summed E-state index contributed by atoms with van der Waals surface area (Å²) in [5.41, 5.74) is 0.833. The minimum atomic E-state index is -3.77. The average molecular weight is 318 g/mol. The summed E-state index contributed by atoms with van der Waals surface area (Å²) in [6.07, 6.45) is 6.82. The lowest BCUT2D eigenvalue weighted by Crippen LogP contribution is -2.27. The van der Waals surface area contributed by atoms with Crippen LogP contribution < -0.4 is 4.72 Å². The zero-order valence-corrected chi connectivity index (χ0v) is 12.7. The zero-order chi connectivity index (χ0) is 14.6. The number of aromatic carboxylic acids is 1. The van der Waals surface area contributed by atoms with Crippen LogP contribution in [0.25, 0.3) is 0 Å². The van der Waals surface area contributed by atoms with Gasteiger partial charge in [-0.3, -0.25) is 0 Å². The molecule has 1 aromatic rings. The van der Waals surface area contributed by atoms with E-state index in [0.29, 0.717) is 12.5 Å². The topological polar surface area (TPSA) is 96.4 Å². The van der Waals surface area contributed by atoms with Crippen molar-refractivity contribution >= 4 is 27.3 Å². The van der Waals surface area contributed by atoms with Gasteiger partial charge in [-0.15, -0.1) is 11.3 Å². The molecule has 2 N–H and O–H groups in total. The molecule has 1 heterocycles. The van der Waals surface area contributed by atoms with Gasteiger partial charge in [-0.25, -0.2) is 22.9 Å². The molecule has 1 aromatic heterocycles. The van der Waals surface area contributed by atoms with Gasteiger partial charge in [0.1, 0.15) is 0 Å². The van der Waals surface area contributed by atoms with E-state index in [2.05, 4.69) is 9.71 Å². The maximum atomic E-state index is 12.1. The highest BCUT2D eigenvalue weighted by molar-refractivity contribution is 7.91. The Balaban J connectivity index is 1.93. The van der Waals surface area contributed by atoms with Crippen LogP contribution in [0.15, 0.2) is 9.72 Å². The fourth-order valence-corrected chi connectivity index (χ4v) is 4.74. The van der Waals surface area contributed by atoms with Crippen LogP contribution in [0.5, 0.6) is 0 Å². The normalized spacial score (nSPS) is 17.2. The summed E-state index contributed by atoms with van der Waals surface area (Å²) in [5, 5.41) is 8.90. The van der Waals surface area contributed by atoms with Crippen molar-refractivity contribution in [2.75, 3.05) is 6.54 Å². The second-order valence-electron chi connectivity index (χ2n) is 4.98. The fraction of sp³-hybridized carbons (Fsp3) is 0.667. The number of carboxylic acids is 1. The van der Waals surface area contributed by atoms with Gasteiger partial charge < -0.3 is 5.11 Å². The summed E-state index contributed by atoms with van der Waals surface area (Å²) in [6.45, 7) is 0.351. The van der Waals surface area contributed by atoms with Crippen LogP contribution in [-0.2, 0) is 10.0 Å². The number of nitrogens with zero attached hydrogens (tertiary/aromatic N) is 1. The monoisotopic (exact) mass is 318 g/mol. The number of rotatable bonds is 6. The first kappa shape index (κ1) is 15.4. The van der Waals surface area contributed by atoms with Crippen molar-refractivity contribution in [2.24, 2.45) is 5.92 Å². The molecule has 0 spiro atoms. The largest absolute Gasteiger partial charge is 0.476 e. The van der Waals surface area contributed by atoms with E-state index >= 15 is 0 Å². The minimum absolute atomic E-state index is 0.214. The average Bonchev–Trinajstić information content (AvgIpc) is 2.90. The number of hydrogen-bond donors (Lipinski definition) is 2. The van der Waals surface area contributed by atoms with E-state index in [-0.39, 0.29) is 4.21 Å². The first-order valence-electron chi connectivity index (χ1n) is 6.67. The van der Waals surface area contributed by atoms with E-state index in [1.165, 1.54) is 24.8 Å². The van der Waals surface area contributed by atoms with Gasteiger partial charge in [0.05, 0.1) is 5.51 Å². The predicted octanol–water partition coefficient (Wildman–Crippen LogP) is 2.09. The van der Waals surface area contributed by atoms with Crippen molar-refractivity contribution in [3.63, 3.8) is 0 Å². The van der Waals surface area contributed by atoms with Gasteiger partial charge in [0, 0.05) is 6.54 Å². The van der Waals surface area contributed by atoms with E-state index < -0.39 is 21.7 Å². The molecule has 0 saturated heterocycles. The van der Waals surface area contributed by atoms with Crippen LogP contribution in [-0.4, -0.2) is 31.0 Å². The van der Waals surface area contributed by atoms with Gasteiger partial charge in [-0.2, -0.15) is 0 Å². The number of hydrogen-bond acceptors (Lipinski definition) is 5. The number of aromatic nitrogens is 1. The van der Waals surface area contributed by atoms with Crippen molar-refractivity contribution in [2.45, 2.75) is 42.7 Å². The second-order valence-corrected chi connectivity index (χ2v) is 7.80. The summed E-state index contributed by atoms with van der Waals surface area (Å²) in [7, 11) is -3.77. The van der Waals surface area contributed by atoms with Crippen molar-refractivity contribution in [3.05, 3.63) is 11.2 Å². The highest BCUT2D eigenvalue weighted by Gasteiger charge is 2.25. The third-order valence-corrected chi connectivity index (χ3v) is 6.38. The van der Waals surface area contributed by atoms with Gasteiger partial charge in [0.2, 0.25) is 0 Å². The quantitative estimate of drug-likeness (QED) is 0.837. The highest BCUT2D eigenvalue weighted by Crippen LogP contribution is 2.26. The van der Waals surface area contributed by atoms with Gasteiger partial charge in [-0.05, 0) is 12.3 Å². The molecule has 0 unspecified atom stereocenters. The van der Waals surface area contributed by atoms with Gasteiger partial charge in [0.15, 0.2) is 9.90 Å². The highest BCUT2D eigenvalue weighted by atomic mass is 32.2. The number of nitrogens with one attached hydrogen (secondary N) is 1. The number of thiazole rings is 1. The molecule has 1 aliphatic rings. The van der Waals surface area contributed by atoms with Crippen LogP contribution in [0.1, 0.15) is 49.0 Å². The van der Waals surface area contributed by atoms with Crippen molar-refractivity contribution in [3.8, 4) is 0 Å². The Bertz CT molecular complexity index is 562. The molecule has 0 atom stereocenters. The fourth-order valence-electron chi connectivity index (χ4n) is 2.51. The van der Waals surface area contributed by atoms with E-state index in [0.717, 1.165) is 30.6 Å². The van der Waals surface area contributed by atoms with E-state index in [4.69, 9.17) is 5.11 Å². The lowest BCUT2D eigenvalue weighted by atomic mass is 9.87. The summed E-state index contributed by atoms with van der Waals surface area (Å²) >= 11 is 0.828. The minimum Gasteiger partial charge on any atom is -0.476 e. The van der Waals surface area contributed by atoms with Crippen LogP contribution in [0, 0.1) is 5.92 Å². The standard InChI is InChI=1S/C12H18N2O4S2/c15-11(16)10-12(19-8-13-10)20(17,18)14-7-6-9-4-2-1-3-5-9/h8-9,14H,1-7H2,(H,15,16). The third kappa shape index (κ3) is 3.77. The molecule has 1 saturated carbocycles. The van der Waals surface area contributed by atoms with Gasteiger partial charge in [0.25, 0.3) is 10.0 Å². The molecule has 20 heavy (non-hydrogen) atoms. The van der Waals surface area contributed by atoms with Crippen LogP contribution >= 0.6 is 11.3 Å². The summed E-state index contributed by atoms with van der Waals surface area (Å²) in [4.78, 5) is 14.5. The molecular formula is C12H18N2O4S2. The predicted molar refractivity (Wildman–Crippen MR) is 75.5 cm³/mol. The van der Waals surface area contributed by atoms with Crippen molar-refractivity contribution in [1.29, 1.82) is 0 Å². The van der Waals surface area contributed by atoms with Crippen LogP contribution in [0.2, 0.25) is 0 Å². The first-order chi connectivity index (χ1) is 9.50. The Morgan fingerprint density at radius 2 is 2.10 bits per heavy atom. The Labute approximate surface area is 122 Å². The Morgan fingerprint density at radius 1 is 1.40 bits per heavy atom. The van der Waals surface area contributed by atoms with Crippen LogP contribution in [0.3, 0.4) is 0 Å². The number of sulfonamides is 1. The Hall–Kier alpha value is -0.990. The lowest BCUT2D eigenvalue weighted by Gasteiger charge is -2.21. The smallest absolute Gasteiger partial charge is 0.356 e. The maximum absolute atomic E-state index is 12.1. The summed E-state index contributed by atoms with van der Waals surface area (Å²) in [6, 6.07) is 0. The lowest BCUT2D eigenvalue weighted by molar-refractivity contribution is 0.0687. The van der Waals surface area contributed by atoms with E-state index in [1.54, 1.807) is 0 Å². The molecule has 1 fully saturated rings. The Kier molecular flexibility index (Phi) is 5.11. The third-order valence-electron chi connectivity index (χ3n) is 3.55. The van der Waals surface area contributed by atoms with Crippen molar-refractivity contribution < 1.29 is 18.3 Å². The zero-order valence-electron chi connectivity index (χ0n) is 11.0. The first-order valence-corrected chi connectivity index (χ1v) is 9.03. The molecule has 112 valence electrons. The van der Waals surface area contributed by atoms with Gasteiger partial charge >= 0.3 is 5.97 Å². The summed E-state index contributed by atoms with van der Waals surface area (Å²) < 4.78 is 26.4. The second kappa shape index (κ2) is 6.64.